The lowest BCUT2D eigenvalue weighted by molar-refractivity contribution is -0.118. The van der Waals surface area contributed by atoms with Crippen molar-refractivity contribution >= 4 is 21.5 Å². The maximum Gasteiger partial charge on any atom is 0.251 e. The van der Waals surface area contributed by atoms with Crippen molar-refractivity contribution in [3.05, 3.63) is 35.4 Å². The van der Waals surface area contributed by atoms with Crippen LogP contribution in [0.25, 0.3) is 0 Å². The lowest BCUT2D eigenvalue weighted by Gasteiger charge is -2.22. The number of sulfone groups is 1. The van der Waals surface area contributed by atoms with Crippen LogP contribution >= 0.6 is 0 Å². The van der Waals surface area contributed by atoms with Gasteiger partial charge in [-0.15, -0.1) is 0 Å². The van der Waals surface area contributed by atoms with Gasteiger partial charge in [0.15, 0.2) is 9.84 Å². The summed E-state index contributed by atoms with van der Waals surface area (Å²) in [4.78, 5) is 24.6. The van der Waals surface area contributed by atoms with Gasteiger partial charge in [0.05, 0.1) is 10.5 Å². The number of hydrogen-bond acceptors (Lipinski definition) is 4. The first-order valence-electron chi connectivity index (χ1n) is 11.2. The molecule has 1 fully saturated rings. The Bertz CT molecular complexity index is 801. The molecule has 1 N–H and O–H groups in total. The Balaban J connectivity index is 1.69. The Morgan fingerprint density at radius 1 is 0.967 bits per heavy atom. The smallest absolute Gasteiger partial charge is 0.251 e. The van der Waals surface area contributed by atoms with Gasteiger partial charge in [-0.25, -0.2) is 8.42 Å². The number of rotatable bonds is 10. The van der Waals surface area contributed by atoms with Crippen LogP contribution in [0.5, 0.6) is 0 Å². The second-order valence-corrected chi connectivity index (χ2v) is 12.3. The zero-order chi connectivity index (χ0) is 22.2. The number of unbranched alkanes of at least 4 members (excludes halogenated alkanes) is 2. The van der Waals surface area contributed by atoms with E-state index in [4.69, 9.17) is 0 Å². The van der Waals surface area contributed by atoms with Gasteiger partial charge in [0.1, 0.15) is 5.78 Å². The molecule has 0 bridgehead atoms. The molecule has 0 unspecified atom stereocenters. The lowest BCUT2D eigenvalue weighted by atomic mass is 9.95. The van der Waals surface area contributed by atoms with Crippen molar-refractivity contribution < 1.29 is 18.0 Å². The minimum absolute atomic E-state index is 0.0371. The summed E-state index contributed by atoms with van der Waals surface area (Å²) in [5, 5.41) is 3.11. The average molecular weight is 436 g/mol. The third kappa shape index (κ3) is 7.86. The highest BCUT2D eigenvalue weighted by atomic mass is 32.2. The number of hydrogen-bond donors (Lipinski definition) is 1. The molecular formula is C24H37NO4S. The molecule has 0 aliphatic heterocycles. The Hall–Kier alpha value is -1.69. The topological polar surface area (TPSA) is 80.3 Å². The van der Waals surface area contributed by atoms with E-state index in [0.717, 1.165) is 24.8 Å². The summed E-state index contributed by atoms with van der Waals surface area (Å²) in [6.45, 7) is 5.16. The van der Waals surface area contributed by atoms with Crippen molar-refractivity contribution in [3.8, 4) is 0 Å². The fourth-order valence-electron chi connectivity index (χ4n) is 3.70. The van der Waals surface area contributed by atoms with Gasteiger partial charge < -0.3 is 5.32 Å². The summed E-state index contributed by atoms with van der Waals surface area (Å²) in [6, 6.07) is 7.56. The van der Waals surface area contributed by atoms with E-state index >= 15 is 0 Å². The van der Waals surface area contributed by atoms with Crippen molar-refractivity contribution in [2.45, 2.75) is 95.8 Å². The van der Waals surface area contributed by atoms with Gasteiger partial charge in [0, 0.05) is 24.4 Å². The average Bonchev–Trinajstić information content (AvgIpc) is 2.68. The predicted molar refractivity (Wildman–Crippen MR) is 122 cm³/mol. The molecule has 1 aliphatic rings. The van der Waals surface area contributed by atoms with E-state index in [0.29, 0.717) is 31.2 Å². The molecule has 1 aromatic rings. The second-order valence-electron chi connectivity index (χ2n) is 9.46. The maximum atomic E-state index is 12.4. The zero-order valence-electron chi connectivity index (χ0n) is 18.7. The number of carbonyl (C=O) groups is 2. The molecule has 0 spiro atoms. The predicted octanol–water partition coefficient (Wildman–Crippen LogP) is 4.63. The van der Waals surface area contributed by atoms with E-state index in [-0.39, 0.29) is 23.5 Å². The van der Waals surface area contributed by atoms with E-state index in [1.807, 2.05) is 12.1 Å². The van der Waals surface area contributed by atoms with Crippen molar-refractivity contribution in [3.63, 3.8) is 0 Å². The SMILES string of the molecule is CC(C)(C)S(=O)(=O)CCCCCC(=O)Cc1ccc(C(=O)NC2CCCCC2)cc1. The summed E-state index contributed by atoms with van der Waals surface area (Å²) in [5.74, 6) is 0.285. The van der Waals surface area contributed by atoms with E-state index in [1.165, 1.54) is 19.3 Å². The van der Waals surface area contributed by atoms with Crippen LogP contribution in [0.2, 0.25) is 0 Å². The summed E-state index contributed by atoms with van der Waals surface area (Å²) in [6.07, 6.45) is 8.58. The van der Waals surface area contributed by atoms with Crippen LogP contribution in [0.4, 0.5) is 0 Å². The van der Waals surface area contributed by atoms with Crippen molar-refractivity contribution in [2.75, 3.05) is 5.75 Å². The highest BCUT2D eigenvalue weighted by Crippen LogP contribution is 2.19. The zero-order valence-corrected chi connectivity index (χ0v) is 19.5. The van der Waals surface area contributed by atoms with Crippen LogP contribution < -0.4 is 5.32 Å². The molecule has 5 nitrogen and oxygen atoms in total. The highest BCUT2D eigenvalue weighted by molar-refractivity contribution is 7.92. The number of carbonyl (C=O) groups excluding carboxylic acids is 2. The Morgan fingerprint density at radius 2 is 1.60 bits per heavy atom. The monoisotopic (exact) mass is 435 g/mol. The molecule has 1 saturated carbocycles. The molecule has 0 radical (unpaired) electrons. The molecule has 1 amide bonds. The van der Waals surface area contributed by atoms with Crippen LogP contribution in [-0.2, 0) is 21.1 Å². The maximum absolute atomic E-state index is 12.4. The van der Waals surface area contributed by atoms with Crippen LogP contribution in [0, 0.1) is 0 Å². The normalized spacial score (nSPS) is 15.7. The highest BCUT2D eigenvalue weighted by Gasteiger charge is 2.27. The van der Waals surface area contributed by atoms with Crippen molar-refractivity contribution in [1.29, 1.82) is 0 Å². The Morgan fingerprint density at radius 3 is 2.20 bits per heavy atom. The van der Waals surface area contributed by atoms with Gasteiger partial charge in [0.2, 0.25) is 0 Å². The fraction of sp³-hybridized carbons (Fsp3) is 0.667. The molecular weight excluding hydrogens is 398 g/mol. The molecule has 1 aromatic carbocycles. The van der Waals surface area contributed by atoms with Crippen LogP contribution in [0.3, 0.4) is 0 Å². The summed E-state index contributed by atoms with van der Waals surface area (Å²) in [5.41, 5.74) is 1.54. The number of ketones is 1. The van der Waals surface area contributed by atoms with Crippen molar-refractivity contribution in [2.24, 2.45) is 0 Å². The Labute approximate surface area is 181 Å². The molecule has 0 heterocycles. The molecule has 2 rings (SSSR count). The first-order chi connectivity index (χ1) is 14.1. The number of Topliss-reactive ketones (excluding diaryl/α,β-unsaturated/α-hetero) is 1. The Kier molecular flexibility index (Phi) is 9.08. The quantitative estimate of drug-likeness (QED) is 0.543. The summed E-state index contributed by atoms with van der Waals surface area (Å²) in [7, 11) is -3.09. The molecule has 6 heteroatoms. The van der Waals surface area contributed by atoms with Gasteiger partial charge in [0.25, 0.3) is 5.91 Å². The van der Waals surface area contributed by atoms with E-state index < -0.39 is 14.6 Å². The van der Waals surface area contributed by atoms with Gasteiger partial charge >= 0.3 is 0 Å². The van der Waals surface area contributed by atoms with Gasteiger partial charge in [-0.05, 0) is 64.2 Å². The second kappa shape index (κ2) is 11.1. The largest absolute Gasteiger partial charge is 0.349 e. The first kappa shape index (κ1) is 24.6. The number of benzene rings is 1. The number of amides is 1. The summed E-state index contributed by atoms with van der Waals surface area (Å²) >= 11 is 0. The fourth-order valence-corrected chi connectivity index (χ4v) is 4.90. The number of nitrogens with one attached hydrogen (secondary N) is 1. The standard InChI is InChI=1S/C24H37NO4S/c1-24(2,3)30(28,29)17-9-5-8-12-22(26)18-19-13-15-20(16-14-19)23(27)25-21-10-6-4-7-11-21/h13-16,21H,4-12,17-18H2,1-3H3,(H,25,27). The molecule has 1 aliphatic carbocycles. The minimum Gasteiger partial charge on any atom is -0.349 e. The summed E-state index contributed by atoms with van der Waals surface area (Å²) < 4.78 is 23.4. The third-order valence-electron chi connectivity index (χ3n) is 5.86. The van der Waals surface area contributed by atoms with E-state index in [2.05, 4.69) is 5.32 Å². The molecule has 30 heavy (non-hydrogen) atoms. The van der Waals surface area contributed by atoms with Gasteiger partial charge in [-0.2, -0.15) is 0 Å². The first-order valence-corrected chi connectivity index (χ1v) is 12.9. The minimum atomic E-state index is -3.09. The molecule has 0 aromatic heterocycles. The van der Waals surface area contributed by atoms with Crippen molar-refractivity contribution in [1.82, 2.24) is 5.32 Å². The van der Waals surface area contributed by atoms with Gasteiger partial charge in [-0.1, -0.05) is 37.8 Å². The van der Waals surface area contributed by atoms with E-state index in [1.54, 1.807) is 32.9 Å². The molecule has 0 saturated heterocycles. The van der Waals surface area contributed by atoms with Gasteiger partial charge in [-0.3, -0.25) is 9.59 Å². The molecule has 0 atom stereocenters. The van der Waals surface area contributed by atoms with E-state index in [9.17, 15) is 18.0 Å². The third-order valence-corrected chi connectivity index (χ3v) is 8.55. The molecule has 168 valence electrons. The lowest BCUT2D eigenvalue weighted by Crippen LogP contribution is -2.36. The van der Waals surface area contributed by atoms with Crippen LogP contribution in [0.1, 0.15) is 94.5 Å². The van der Waals surface area contributed by atoms with Crippen LogP contribution in [-0.4, -0.2) is 36.6 Å². The van der Waals surface area contributed by atoms with Crippen LogP contribution in [0.15, 0.2) is 24.3 Å².